The molecule has 0 saturated heterocycles. The summed E-state index contributed by atoms with van der Waals surface area (Å²) in [4.78, 5) is 28.8. The predicted molar refractivity (Wildman–Crippen MR) is 117 cm³/mol. The average molecular weight is 395 g/mol. The Bertz CT molecular complexity index is 1230. The molecule has 0 radical (unpaired) electrons. The summed E-state index contributed by atoms with van der Waals surface area (Å²) >= 11 is 0. The number of primary amides is 1. The molecule has 0 aliphatic heterocycles. The Kier molecular flexibility index (Phi) is 4.36. The summed E-state index contributed by atoms with van der Waals surface area (Å²) < 4.78 is 0. The zero-order chi connectivity index (χ0) is 20.7. The summed E-state index contributed by atoms with van der Waals surface area (Å²) in [6, 6.07) is 22.9. The molecule has 0 saturated carbocycles. The van der Waals surface area contributed by atoms with Gasteiger partial charge in [-0.15, -0.1) is 0 Å². The molecule has 1 heterocycles. The van der Waals surface area contributed by atoms with Crippen LogP contribution in [0.1, 0.15) is 22.6 Å². The molecule has 1 aromatic heterocycles. The van der Waals surface area contributed by atoms with Gasteiger partial charge >= 0.3 is 0 Å². The van der Waals surface area contributed by atoms with Gasteiger partial charge in [-0.05, 0) is 33.9 Å². The number of H-pyrrole nitrogens is 1. The number of carbonyl (C=O) groups is 2. The first-order valence-electron chi connectivity index (χ1n) is 9.96. The lowest BCUT2D eigenvalue weighted by molar-refractivity contribution is -0.127. The summed E-state index contributed by atoms with van der Waals surface area (Å²) in [5.41, 5.74) is 11.6. The highest BCUT2D eigenvalue weighted by molar-refractivity contribution is 5.98. The van der Waals surface area contributed by atoms with Crippen molar-refractivity contribution in [1.29, 1.82) is 0 Å². The number of para-hydroxylation sites is 1. The van der Waals surface area contributed by atoms with Gasteiger partial charge in [-0.2, -0.15) is 0 Å². The number of hydrogen-bond donors (Lipinski definition) is 3. The Morgan fingerprint density at radius 2 is 1.50 bits per heavy atom. The summed E-state index contributed by atoms with van der Waals surface area (Å²) in [6.07, 6.45) is 2.20. The minimum atomic E-state index is -0.795. The minimum absolute atomic E-state index is 0.212. The standard InChI is InChI=1S/C25H21N3O2/c26-24(29)22(13-15-14-27-21-12-6-5-7-16(15)21)28-25(30)23-19-10-3-1-8-17(19)18-9-2-4-11-20(18)23/h1-12,14,22-23,27H,13H2,(H2,26,29)(H,28,30)/t22-/m1/s1. The van der Waals surface area contributed by atoms with Crippen LogP contribution in [-0.4, -0.2) is 22.8 Å². The summed E-state index contributed by atoms with van der Waals surface area (Å²) in [5.74, 6) is -1.22. The Hall–Kier alpha value is -3.86. The van der Waals surface area contributed by atoms with Crippen LogP contribution in [0.3, 0.4) is 0 Å². The van der Waals surface area contributed by atoms with Crippen LogP contribution in [0.5, 0.6) is 0 Å². The molecule has 5 nitrogen and oxygen atoms in total. The smallest absolute Gasteiger partial charge is 0.240 e. The zero-order valence-corrected chi connectivity index (χ0v) is 16.3. The van der Waals surface area contributed by atoms with Crippen LogP contribution in [0.2, 0.25) is 0 Å². The number of nitrogens with two attached hydrogens (primary N) is 1. The third-order valence-corrected chi connectivity index (χ3v) is 5.85. The Labute approximate surface area is 173 Å². The van der Waals surface area contributed by atoms with Crippen molar-refractivity contribution in [3.05, 3.63) is 95.7 Å². The van der Waals surface area contributed by atoms with Gasteiger partial charge in [-0.3, -0.25) is 9.59 Å². The van der Waals surface area contributed by atoms with Gasteiger partial charge < -0.3 is 16.0 Å². The third-order valence-electron chi connectivity index (χ3n) is 5.85. The lowest BCUT2D eigenvalue weighted by Crippen LogP contribution is -2.47. The maximum atomic E-state index is 13.4. The molecule has 2 amide bonds. The van der Waals surface area contributed by atoms with E-state index in [-0.39, 0.29) is 5.91 Å². The summed E-state index contributed by atoms with van der Waals surface area (Å²) in [5, 5.41) is 3.94. The SMILES string of the molecule is NC(=O)[C@@H](Cc1c[nH]c2ccccc12)NC(=O)C1c2ccccc2-c2ccccc21. The topological polar surface area (TPSA) is 88.0 Å². The second kappa shape index (κ2) is 7.19. The molecule has 1 atom stereocenters. The second-order valence-corrected chi connectivity index (χ2v) is 7.63. The summed E-state index contributed by atoms with van der Waals surface area (Å²) in [7, 11) is 0. The Morgan fingerprint density at radius 3 is 2.17 bits per heavy atom. The molecule has 1 aliphatic rings. The van der Waals surface area contributed by atoms with Gasteiger partial charge in [-0.1, -0.05) is 66.7 Å². The van der Waals surface area contributed by atoms with E-state index in [4.69, 9.17) is 5.73 Å². The van der Waals surface area contributed by atoms with Gasteiger partial charge in [0, 0.05) is 23.5 Å². The van der Waals surface area contributed by atoms with Crippen LogP contribution < -0.4 is 11.1 Å². The van der Waals surface area contributed by atoms with Crippen molar-refractivity contribution in [3.8, 4) is 11.1 Å². The predicted octanol–water partition coefficient (Wildman–Crippen LogP) is 3.49. The van der Waals surface area contributed by atoms with Crippen molar-refractivity contribution >= 4 is 22.7 Å². The van der Waals surface area contributed by atoms with Crippen molar-refractivity contribution in [2.45, 2.75) is 18.4 Å². The molecule has 148 valence electrons. The lowest BCUT2D eigenvalue weighted by atomic mass is 9.95. The Balaban J connectivity index is 1.45. The van der Waals surface area contributed by atoms with E-state index in [1.54, 1.807) is 0 Å². The van der Waals surface area contributed by atoms with Gasteiger partial charge in [0.15, 0.2) is 0 Å². The number of fused-ring (bicyclic) bond motifs is 4. The quantitative estimate of drug-likeness (QED) is 0.483. The number of amides is 2. The number of hydrogen-bond acceptors (Lipinski definition) is 2. The highest BCUT2D eigenvalue weighted by Gasteiger charge is 2.35. The van der Waals surface area contributed by atoms with Crippen LogP contribution in [0.4, 0.5) is 0 Å². The summed E-state index contributed by atoms with van der Waals surface area (Å²) in [6.45, 7) is 0. The molecular formula is C25H21N3O2. The number of benzene rings is 3. The van der Waals surface area contributed by atoms with Crippen molar-refractivity contribution < 1.29 is 9.59 Å². The van der Waals surface area contributed by atoms with E-state index >= 15 is 0 Å². The molecule has 0 bridgehead atoms. The minimum Gasteiger partial charge on any atom is -0.368 e. The molecule has 0 spiro atoms. The van der Waals surface area contributed by atoms with Gasteiger partial charge in [0.25, 0.3) is 0 Å². The molecule has 5 rings (SSSR count). The monoisotopic (exact) mass is 395 g/mol. The first-order chi connectivity index (χ1) is 14.6. The van der Waals surface area contributed by atoms with E-state index in [0.717, 1.165) is 38.7 Å². The van der Waals surface area contributed by atoms with Crippen LogP contribution in [0.15, 0.2) is 79.0 Å². The van der Waals surface area contributed by atoms with E-state index < -0.39 is 17.9 Å². The molecular weight excluding hydrogens is 374 g/mol. The molecule has 0 unspecified atom stereocenters. The molecule has 4 aromatic rings. The lowest BCUT2D eigenvalue weighted by Gasteiger charge is -2.19. The fourth-order valence-corrected chi connectivity index (χ4v) is 4.44. The third kappa shape index (κ3) is 2.95. The molecule has 1 aliphatic carbocycles. The van der Waals surface area contributed by atoms with Gasteiger partial charge in [-0.25, -0.2) is 0 Å². The van der Waals surface area contributed by atoms with E-state index in [9.17, 15) is 9.59 Å². The van der Waals surface area contributed by atoms with Crippen LogP contribution >= 0.6 is 0 Å². The fraction of sp³-hybridized carbons (Fsp3) is 0.120. The van der Waals surface area contributed by atoms with E-state index in [1.807, 2.05) is 79.0 Å². The van der Waals surface area contributed by atoms with Crippen LogP contribution in [0.25, 0.3) is 22.0 Å². The number of carbonyl (C=O) groups excluding carboxylic acids is 2. The molecule has 4 N–H and O–H groups in total. The maximum Gasteiger partial charge on any atom is 0.240 e. The second-order valence-electron chi connectivity index (χ2n) is 7.63. The van der Waals surface area contributed by atoms with Crippen LogP contribution in [0, 0.1) is 0 Å². The highest BCUT2D eigenvalue weighted by Crippen LogP contribution is 2.44. The van der Waals surface area contributed by atoms with E-state index in [2.05, 4.69) is 10.3 Å². The van der Waals surface area contributed by atoms with Gasteiger partial charge in [0.2, 0.25) is 11.8 Å². The van der Waals surface area contributed by atoms with Gasteiger partial charge in [0.05, 0.1) is 5.92 Å². The fourth-order valence-electron chi connectivity index (χ4n) is 4.44. The first kappa shape index (κ1) is 18.2. The molecule has 3 aromatic carbocycles. The first-order valence-corrected chi connectivity index (χ1v) is 9.96. The number of aromatic nitrogens is 1. The molecule has 0 fully saturated rings. The highest BCUT2D eigenvalue weighted by atomic mass is 16.2. The molecule has 5 heteroatoms. The number of aromatic amines is 1. The largest absolute Gasteiger partial charge is 0.368 e. The van der Waals surface area contributed by atoms with Gasteiger partial charge in [0.1, 0.15) is 6.04 Å². The maximum absolute atomic E-state index is 13.4. The van der Waals surface area contributed by atoms with Crippen molar-refractivity contribution in [2.75, 3.05) is 0 Å². The van der Waals surface area contributed by atoms with Crippen LogP contribution in [-0.2, 0) is 16.0 Å². The van der Waals surface area contributed by atoms with E-state index in [1.165, 1.54) is 0 Å². The van der Waals surface area contributed by atoms with E-state index in [0.29, 0.717) is 6.42 Å². The Morgan fingerprint density at radius 1 is 0.900 bits per heavy atom. The van der Waals surface area contributed by atoms with Crippen molar-refractivity contribution in [1.82, 2.24) is 10.3 Å². The number of rotatable bonds is 5. The number of nitrogens with one attached hydrogen (secondary N) is 2. The molecule has 30 heavy (non-hydrogen) atoms. The average Bonchev–Trinajstić information content (AvgIpc) is 3.32. The zero-order valence-electron chi connectivity index (χ0n) is 16.3. The van der Waals surface area contributed by atoms with Crippen molar-refractivity contribution in [2.24, 2.45) is 5.73 Å². The van der Waals surface area contributed by atoms with Crippen molar-refractivity contribution in [3.63, 3.8) is 0 Å². The normalized spacial score (nSPS) is 13.6.